The number of hydrogen-bond acceptors (Lipinski definition) is 4. The molecule has 0 aliphatic carbocycles. The Balaban J connectivity index is 1.82. The molecule has 1 saturated heterocycles. The molecule has 0 bridgehead atoms. The molecule has 1 aliphatic rings. The second-order valence-corrected chi connectivity index (χ2v) is 6.72. The lowest BCUT2D eigenvalue weighted by atomic mass is 10.3. The maximum atomic E-state index is 11.7. The van der Waals surface area contributed by atoms with Gasteiger partial charge in [0.15, 0.2) is 5.96 Å². The molecule has 2 rings (SSSR count). The predicted molar refractivity (Wildman–Crippen MR) is 92.4 cm³/mol. The molecule has 0 spiro atoms. The lowest BCUT2D eigenvalue weighted by Gasteiger charge is -2.35. The summed E-state index contributed by atoms with van der Waals surface area (Å²) in [6.07, 6.45) is -0.228. The van der Waals surface area contributed by atoms with E-state index in [4.69, 9.17) is 4.74 Å². The van der Waals surface area contributed by atoms with Crippen LogP contribution < -0.4 is 5.32 Å². The van der Waals surface area contributed by atoms with Crippen LogP contribution in [0, 0.1) is 0 Å². The van der Waals surface area contributed by atoms with Crippen LogP contribution in [0.1, 0.15) is 11.8 Å². The highest BCUT2D eigenvalue weighted by Crippen LogP contribution is 2.19. The number of aliphatic imine (C=N–C) groups is 1. The molecule has 22 heavy (non-hydrogen) atoms. The molecule has 0 radical (unpaired) electrons. The summed E-state index contributed by atoms with van der Waals surface area (Å²) in [4.78, 5) is 21.2. The average Bonchev–Trinajstić information content (AvgIpc) is 2.94. The van der Waals surface area contributed by atoms with Crippen molar-refractivity contribution in [3.8, 4) is 0 Å². The van der Waals surface area contributed by atoms with E-state index in [1.807, 2.05) is 6.92 Å². The summed E-state index contributed by atoms with van der Waals surface area (Å²) >= 11 is 5.16. The molecule has 1 aliphatic heterocycles. The number of nitrogens with one attached hydrogen (secondary N) is 1. The summed E-state index contributed by atoms with van der Waals surface area (Å²) in [6.45, 7) is 5.82. The minimum absolute atomic E-state index is 0.228. The van der Waals surface area contributed by atoms with Crippen LogP contribution in [0.4, 0.5) is 4.79 Å². The van der Waals surface area contributed by atoms with E-state index in [9.17, 15) is 4.79 Å². The predicted octanol–water partition coefficient (Wildman–Crippen LogP) is 2.36. The molecule has 1 aromatic heterocycles. The minimum Gasteiger partial charge on any atom is -0.450 e. The Labute approximate surface area is 143 Å². The molecule has 0 unspecified atom stereocenters. The monoisotopic (exact) mass is 388 g/mol. The van der Waals surface area contributed by atoms with Crippen molar-refractivity contribution < 1.29 is 9.53 Å². The number of guanidine groups is 1. The number of thiophene rings is 1. The van der Waals surface area contributed by atoms with Crippen molar-refractivity contribution in [2.45, 2.75) is 13.5 Å². The third-order valence-electron chi connectivity index (χ3n) is 3.36. The van der Waals surface area contributed by atoms with Gasteiger partial charge in [0.25, 0.3) is 0 Å². The van der Waals surface area contributed by atoms with E-state index in [1.54, 1.807) is 23.3 Å². The van der Waals surface area contributed by atoms with E-state index in [0.717, 1.165) is 30.1 Å². The van der Waals surface area contributed by atoms with Crippen molar-refractivity contribution in [3.63, 3.8) is 0 Å². The van der Waals surface area contributed by atoms with Gasteiger partial charge in [-0.15, -0.1) is 11.3 Å². The van der Waals surface area contributed by atoms with Crippen LogP contribution in [0.2, 0.25) is 0 Å². The Kier molecular flexibility index (Phi) is 6.50. The fourth-order valence-corrected chi connectivity index (χ4v) is 3.65. The molecule has 1 aromatic rings. The Morgan fingerprint density at radius 3 is 2.64 bits per heavy atom. The molecule has 122 valence electrons. The van der Waals surface area contributed by atoms with Gasteiger partial charge in [-0.25, -0.2) is 4.79 Å². The molecule has 1 amide bonds. The molecule has 6 nitrogen and oxygen atoms in total. The first-order valence-corrected chi connectivity index (χ1v) is 8.91. The average molecular weight is 389 g/mol. The van der Waals surface area contributed by atoms with Crippen LogP contribution in [0.15, 0.2) is 20.9 Å². The summed E-state index contributed by atoms with van der Waals surface area (Å²) in [5.41, 5.74) is 0. The Morgan fingerprint density at radius 1 is 1.41 bits per heavy atom. The zero-order valence-corrected chi connectivity index (χ0v) is 15.2. The molecule has 1 N–H and O–H groups in total. The zero-order valence-electron chi connectivity index (χ0n) is 12.8. The van der Waals surface area contributed by atoms with Gasteiger partial charge in [0.2, 0.25) is 0 Å². The summed E-state index contributed by atoms with van der Waals surface area (Å²) in [6, 6.07) is 2.10. The number of nitrogens with zero attached hydrogens (tertiary/aromatic N) is 3. The van der Waals surface area contributed by atoms with Gasteiger partial charge in [-0.1, -0.05) is 0 Å². The van der Waals surface area contributed by atoms with Gasteiger partial charge in [0, 0.05) is 48.0 Å². The van der Waals surface area contributed by atoms with Crippen molar-refractivity contribution in [1.82, 2.24) is 15.1 Å². The summed E-state index contributed by atoms with van der Waals surface area (Å²) in [5, 5.41) is 5.44. The number of ether oxygens (including phenoxy) is 1. The molecule has 0 saturated carbocycles. The Bertz CT molecular complexity index is 527. The van der Waals surface area contributed by atoms with Gasteiger partial charge in [0.05, 0.1) is 13.2 Å². The van der Waals surface area contributed by atoms with Crippen LogP contribution >= 0.6 is 27.3 Å². The number of piperazine rings is 1. The molecule has 1 fully saturated rings. The first-order valence-electron chi connectivity index (χ1n) is 7.24. The topological polar surface area (TPSA) is 57.2 Å². The van der Waals surface area contributed by atoms with Crippen LogP contribution in [0.25, 0.3) is 0 Å². The van der Waals surface area contributed by atoms with E-state index >= 15 is 0 Å². The largest absolute Gasteiger partial charge is 0.450 e. The fourth-order valence-electron chi connectivity index (χ4n) is 2.26. The highest BCUT2D eigenvalue weighted by molar-refractivity contribution is 9.10. The van der Waals surface area contributed by atoms with Crippen LogP contribution in [-0.2, 0) is 11.3 Å². The van der Waals surface area contributed by atoms with Crippen LogP contribution in [0.5, 0.6) is 0 Å². The highest BCUT2D eigenvalue weighted by Gasteiger charge is 2.23. The number of carbonyl (C=O) groups excluding carboxylic acids is 1. The molecule has 0 aromatic carbocycles. The van der Waals surface area contributed by atoms with E-state index in [2.05, 4.69) is 42.6 Å². The fraction of sp³-hybridized carbons (Fsp3) is 0.571. The van der Waals surface area contributed by atoms with Crippen LogP contribution in [0.3, 0.4) is 0 Å². The lowest BCUT2D eigenvalue weighted by molar-refractivity contribution is 0.0914. The Morgan fingerprint density at radius 2 is 2.09 bits per heavy atom. The number of carbonyl (C=O) groups is 1. The van der Waals surface area contributed by atoms with Crippen molar-refractivity contribution >= 4 is 39.3 Å². The number of amides is 1. The SMILES string of the molecule is CCOC(=O)N1CCN(C(=NC)NCc2cc(Br)cs2)CC1. The Hall–Kier alpha value is -1.28. The van der Waals surface area contributed by atoms with Gasteiger partial charge in [-0.05, 0) is 28.9 Å². The van der Waals surface area contributed by atoms with Gasteiger partial charge in [-0.3, -0.25) is 4.99 Å². The van der Waals surface area contributed by atoms with Gasteiger partial charge in [0.1, 0.15) is 0 Å². The summed E-state index contributed by atoms with van der Waals surface area (Å²) in [5.74, 6) is 0.869. The second-order valence-electron chi connectivity index (χ2n) is 4.81. The first kappa shape index (κ1) is 17.1. The third-order valence-corrected chi connectivity index (χ3v) is 5.06. The van der Waals surface area contributed by atoms with Gasteiger partial charge >= 0.3 is 6.09 Å². The maximum absolute atomic E-state index is 11.7. The van der Waals surface area contributed by atoms with Crippen molar-refractivity contribution in [2.75, 3.05) is 39.8 Å². The standard InChI is InChI=1S/C14H21BrN4O2S/c1-3-21-14(20)19-6-4-18(5-7-19)13(16-2)17-9-12-8-11(15)10-22-12/h8,10H,3-7,9H2,1-2H3,(H,16,17). The quantitative estimate of drug-likeness (QED) is 0.637. The molecular weight excluding hydrogens is 368 g/mol. The summed E-state index contributed by atoms with van der Waals surface area (Å²) in [7, 11) is 1.78. The smallest absolute Gasteiger partial charge is 0.409 e. The second kappa shape index (κ2) is 8.38. The van der Waals surface area contributed by atoms with Gasteiger partial charge in [-0.2, -0.15) is 0 Å². The van der Waals surface area contributed by atoms with E-state index < -0.39 is 0 Å². The molecule has 2 heterocycles. The summed E-state index contributed by atoms with van der Waals surface area (Å²) < 4.78 is 6.13. The molecule has 8 heteroatoms. The molecular formula is C14H21BrN4O2S. The maximum Gasteiger partial charge on any atom is 0.409 e. The number of rotatable bonds is 3. The van der Waals surface area contributed by atoms with E-state index in [1.165, 1.54) is 4.88 Å². The highest BCUT2D eigenvalue weighted by atomic mass is 79.9. The lowest BCUT2D eigenvalue weighted by Crippen LogP contribution is -2.53. The third kappa shape index (κ3) is 4.61. The first-order chi connectivity index (χ1) is 10.6. The van der Waals surface area contributed by atoms with Crippen LogP contribution in [-0.4, -0.2) is 61.7 Å². The molecule has 0 atom stereocenters. The normalized spacial score (nSPS) is 15.9. The van der Waals surface area contributed by atoms with Crippen molar-refractivity contribution in [1.29, 1.82) is 0 Å². The van der Waals surface area contributed by atoms with Crippen molar-refractivity contribution in [2.24, 2.45) is 4.99 Å². The van der Waals surface area contributed by atoms with Crippen molar-refractivity contribution in [3.05, 3.63) is 20.8 Å². The minimum atomic E-state index is -0.228. The zero-order chi connectivity index (χ0) is 15.9. The number of halogens is 1. The number of hydrogen-bond donors (Lipinski definition) is 1. The van der Waals surface area contributed by atoms with Gasteiger partial charge < -0.3 is 19.9 Å². The van der Waals surface area contributed by atoms with E-state index in [0.29, 0.717) is 19.7 Å². The van der Waals surface area contributed by atoms with E-state index in [-0.39, 0.29) is 6.09 Å².